The van der Waals surface area contributed by atoms with Gasteiger partial charge in [0.2, 0.25) is 0 Å². The first kappa shape index (κ1) is 15.6. The van der Waals surface area contributed by atoms with Crippen LogP contribution in [0, 0.1) is 12.3 Å². The van der Waals surface area contributed by atoms with E-state index in [1.807, 2.05) is 17.8 Å². The number of nitrogens with one attached hydrogen (secondary N) is 1. The van der Waals surface area contributed by atoms with Gasteiger partial charge in [-0.3, -0.25) is 0 Å². The number of rotatable bonds is 8. The summed E-state index contributed by atoms with van der Waals surface area (Å²) in [5.74, 6) is 3.79. The average molecular weight is 326 g/mol. The van der Waals surface area contributed by atoms with Crippen LogP contribution in [-0.2, 0) is 0 Å². The molecule has 0 aliphatic rings. The van der Waals surface area contributed by atoms with E-state index in [4.69, 9.17) is 6.42 Å². The van der Waals surface area contributed by atoms with Crippen LogP contribution in [0.1, 0.15) is 26.2 Å². The van der Waals surface area contributed by atoms with Gasteiger partial charge in [0.25, 0.3) is 0 Å². The molecule has 1 N–H and O–H groups in total. The minimum Gasteiger partial charge on any atom is -0.313 e. The number of benzene rings is 1. The van der Waals surface area contributed by atoms with E-state index in [0.717, 1.165) is 31.6 Å². The highest BCUT2D eigenvalue weighted by molar-refractivity contribution is 9.10. The summed E-state index contributed by atoms with van der Waals surface area (Å²) in [5.41, 5.74) is 0. The van der Waals surface area contributed by atoms with Crippen LogP contribution in [0.15, 0.2) is 33.6 Å². The normalized spacial score (nSPS) is 12.1. The van der Waals surface area contributed by atoms with Crippen LogP contribution in [0.2, 0.25) is 0 Å². The lowest BCUT2D eigenvalue weighted by molar-refractivity contribution is 0.526. The molecule has 1 unspecified atom stereocenters. The Labute approximate surface area is 123 Å². The number of terminal acetylenes is 1. The Balaban J connectivity index is 2.45. The quantitative estimate of drug-likeness (QED) is 0.564. The smallest absolute Gasteiger partial charge is 0.0311 e. The Morgan fingerprint density at radius 1 is 1.44 bits per heavy atom. The van der Waals surface area contributed by atoms with E-state index in [-0.39, 0.29) is 0 Å². The Hall–Kier alpha value is -0.430. The van der Waals surface area contributed by atoms with Crippen molar-refractivity contribution in [3.63, 3.8) is 0 Å². The zero-order valence-electron chi connectivity index (χ0n) is 10.8. The summed E-state index contributed by atoms with van der Waals surface area (Å²) in [6.07, 6.45) is 8.40. The molecular formula is C15H20BrNS. The van der Waals surface area contributed by atoms with Crippen molar-refractivity contribution in [1.82, 2.24) is 5.32 Å². The molecular weight excluding hydrogens is 306 g/mol. The molecule has 0 saturated carbocycles. The summed E-state index contributed by atoms with van der Waals surface area (Å²) in [6, 6.07) is 8.84. The fraction of sp³-hybridized carbons (Fsp3) is 0.467. The maximum atomic E-state index is 5.34. The number of thioether (sulfide) groups is 1. The summed E-state index contributed by atoms with van der Waals surface area (Å²) in [4.78, 5) is 1.29. The second-order valence-corrected chi connectivity index (χ2v) is 6.05. The molecule has 0 bridgehead atoms. The topological polar surface area (TPSA) is 12.0 Å². The van der Waals surface area contributed by atoms with E-state index in [1.165, 1.54) is 9.37 Å². The van der Waals surface area contributed by atoms with Crippen LogP contribution in [0.3, 0.4) is 0 Å². The van der Waals surface area contributed by atoms with Crippen LogP contribution in [-0.4, -0.2) is 18.3 Å². The summed E-state index contributed by atoms with van der Waals surface area (Å²) >= 11 is 5.46. The third kappa shape index (κ3) is 5.95. The third-order valence-corrected chi connectivity index (χ3v) is 4.79. The first-order chi connectivity index (χ1) is 8.77. The van der Waals surface area contributed by atoms with E-state index in [1.54, 1.807) is 0 Å². The molecule has 1 rings (SSSR count). The first-order valence-corrected chi connectivity index (χ1v) is 8.10. The first-order valence-electron chi connectivity index (χ1n) is 6.32. The number of halogens is 1. The minimum absolute atomic E-state index is 0.498. The highest BCUT2D eigenvalue weighted by Crippen LogP contribution is 2.27. The van der Waals surface area contributed by atoms with Crippen molar-refractivity contribution in [1.29, 1.82) is 0 Å². The second-order valence-electron chi connectivity index (χ2n) is 4.14. The van der Waals surface area contributed by atoms with Gasteiger partial charge in [0.1, 0.15) is 0 Å². The monoisotopic (exact) mass is 325 g/mol. The van der Waals surface area contributed by atoms with Crippen molar-refractivity contribution in [3.05, 3.63) is 28.7 Å². The molecule has 1 aromatic rings. The molecule has 18 heavy (non-hydrogen) atoms. The lowest BCUT2D eigenvalue weighted by atomic mass is 10.2. The van der Waals surface area contributed by atoms with Crippen LogP contribution in [0.4, 0.5) is 0 Å². The highest BCUT2D eigenvalue weighted by Gasteiger charge is 2.08. The van der Waals surface area contributed by atoms with E-state index >= 15 is 0 Å². The van der Waals surface area contributed by atoms with Crippen molar-refractivity contribution in [2.45, 2.75) is 37.1 Å². The van der Waals surface area contributed by atoms with Gasteiger partial charge >= 0.3 is 0 Å². The van der Waals surface area contributed by atoms with Gasteiger partial charge in [-0.15, -0.1) is 24.1 Å². The molecule has 0 radical (unpaired) electrons. The zero-order chi connectivity index (χ0) is 13.2. The van der Waals surface area contributed by atoms with Gasteiger partial charge in [-0.25, -0.2) is 0 Å². The van der Waals surface area contributed by atoms with Crippen molar-refractivity contribution < 1.29 is 0 Å². The predicted octanol–water partition coefficient (Wildman–Crippen LogP) is 4.32. The standard InChI is InChI=1S/C15H20BrNS/c1-3-5-8-13(17-11-4-2)12-18-15-10-7-6-9-14(15)16/h1,6-7,9-10,13,17H,4-5,8,11-12H2,2H3. The Morgan fingerprint density at radius 3 is 2.89 bits per heavy atom. The summed E-state index contributed by atoms with van der Waals surface area (Å²) in [5, 5.41) is 3.56. The molecule has 1 aromatic carbocycles. The highest BCUT2D eigenvalue weighted by atomic mass is 79.9. The van der Waals surface area contributed by atoms with Crippen molar-refractivity contribution in [2.75, 3.05) is 12.3 Å². The van der Waals surface area contributed by atoms with Crippen LogP contribution in [0.25, 0.3) is 0 Å². The molecule has 98 valence electrons. The average Bonchev–Trinajstić information content (AvgIpc) is 2.39. The molecule has 0 amide bonds. The SMILES string of the molecule is C#CCCC(CSc1ccccc1Br)NCCC. The van der Waals surface area contributed by atoms with Gasteiger partial charge < -0.3 is 5.32 Å². The van der Waals surface area contributed by atoms with Gasteiger partial charge in [0.15, 0.2) is 0 Å². The molecule has 0 aliphatic carbocycles. The Bertz CT molecular complexity index is 386. The fourth-order valence-electron chi connectivity index (χ4n) is 1.60. The molecule has 1 atom stereocenters. The van der Waals surface area contributed by atoms with Crippen LogP contribution in [0.5, 0.6) is 0 Å². The molecule has 0 fully saturated rings. The van der Waals surface area contributed by atoms with Gasteiger partial charge in [0, 0.05) is 27.6 Å². The van der Waals surface area contributed by atoms with E-state index in [9.17, 15) is 0 Å². The molecule has 1 nitrogen and oxygen atoms in total. The summed E-state index contributed by atoms with van der Waals surface area (Å²) in [7, 11) is 0. The summed E-state index contributed by atoms with van der Waals surface area (Å²) in [6.45, 7) is 3.25. The van der Waals surface area contributed by atoms with Gasteiger partial charge in [-0.05, 0) is 47.4 Å². The predicted molar refractivity (Wildman–Crippen MR) is 85.0 cm³/mol. The number of hydrogen-bond acceptors (Lipinski definition) is 2. The lowest BCUT2D eigenvalue weighted by Crippen LogP contribution is -2.31. The zero-order valence-corrected chi connectivity index (χ0v) is 13.2. The molecule has 0 spiro atoms. The second kappa shape index (κ2) is 9.49. The van der Waals surface area contributed by atoms with Crippen molar-refractivity contribution >= 4 is 27.7 Å². The van der Waals surface area contributed by atoms with Crippen molar-refractivity contribution in [3.8, 4) is 12.3 Å². The van der Waals surface area contributed by atoms with Crippen LogP contribution >= 0.6 is 27.7 Å². The largest absolute Gasteiger partial charge is 0.313 e. The van der Waals surface area contributed by atoms with Gasteiger partial charge in [0.05, 0.1) is 0 Å². The lowest BCUT2D eigenvalue weighted by Gasteiger charge is -2.17. The van der Waals surface area contributed by atoms with Gasteiger partial charge in [-0.1, -0.05) is 19.1 Å². The third-order valence-electron chi connectivity index (χ3n) is 2.60. The minimum atomic E-state index is 0.498. The fourth-order valence-corrected chi connectivity index (χ4v) is 3.28. The maximum absolute atomic E-state index is 5.34. The maximum Gasteiger partial charge on any atom is 0.0311 e. The molecule has 0 heterocycles. The Morgan fingerprint density at radius 2 is 2.22 bits per heavy atom. The van der Waals surface area contributed by atoms with Crippen molar-refractivity contribution in [2.24, 2.45) is 0 Å². The molecule has 0 saturated heterocycles. The van der Waals surface area contributed by atoms with Crippen LogP contribution < -0.4 is 5.32 Å². The Kier molecular flexibility index (Phi) is 8.24. The van der Waals surface area contributed by atoms with E-state index < -0.39 is 0 Å². The van der Waals surface area contributed by atoms with Gasteiger partial charge in [-0.2, -0.15) is 0 Å². The van der Waals surface area contributed by atoms with E-state index in [2.05, 4.69) is 52.3 Å². The molecule has 0 aromatic heterocycles. The molecule has 0 aliphatic heterocycles. The van der Waals surface area contributed by atoms with E-state index in [0.29, 0.717) is 6.04 Å². The molecule has 3 heteroatoms. The number of hydrogen-bond donors (Lipinski definition) is 1. The summed E-state index contributed by atoms with van der Waals surface area (Å²) < 4.78 is 1.17.